The third kappa shape index (κ3) is 1.41. The van der Waals surface area contributed by atoms with Crippen LogP contribution in [0.15, 0.2) is 16.7 Å². The van der Waals surface area contributed by atoms with Crippen molar-refractivity contribution in [2.45, 2.75) is 41.5 Å². The van der Waals surface area contributed by atoms with Crippen molar-refractivity contribution >= 4 is 0 Å². The van der Waals surface area contributed by atoms with Crippen molar-refractivity contribution in [1.82, 2.24) is 0 Å². The number of rotatable bonds is 0. The summed E-state index contributed by atoms with van der Waals surface area (Å²) < 4.78 is 0. The second-order valence-electron chi connectivity index (χ2n) is 5.69. The highest BCUT2D eigenvalue weighted by atomic mass is 14.4. The minimum absolute atomic E-state index is 0.646. The summed E-state index contributed by atoms with van der Waals surface area (Å²) in [6, 6.07) is 0. The minimum atomic E-state index is 0.646. The van der Waals surface area contributed by atoms with E-state index in [0.717, 1.165) is 17.8 Å². The first kappa shape index (κ1) is 11.0. The van der Waals surface area contributed by atoms with E-state index in [1.165, 1.54) is 11.1 Å². The molecule has 2 aliphatic carbocycles. The molecule has 0 aromatic rings. The van der Waals surface area contributed by atoms with Crippen LogP contribution < -0.4 is 0 Å². The summed E-state index contributed by atoms with van der Waals surface area (Å²) >= 11 is 0. The standard InChI is InChI=1S/C15H23/c1-8-7-14-12(5)10(3)11(4)13(6)15(14)9(8)2/h9-13H,1-6H3. The van der Waals surface area contributed by atoms with E-state index in [-0.39, 0.29) is 0 Å². The molecule has 0 aliphatic heterocycles. The maximum atomic E-state index is 3.63. The highest BCUT2D eigenvalue weighted by molar-refractivity contribution is 5.41. The Morgan fingerprint density at radius 3 is 2.00 bits per heavy atom. The maximum absolute atomic E-state index is 3.63. The fourth-order valence-corrected chi connectivity index (χ4v) is 3.33. The van der Waals surface area contributed by atoms with Crippen molar-refractivity contribution in [3.63, 3.8) is 0 Å². The van der Waals surface area contributed by atoms with Crippen molar-refractivity contribution < 1.29 is 0 Å². The van der Waals surface area contributed by atoms with Gasteiger partial charge in [-0.25, -0.2) is 0 Å². The van der Waals surface area contributed by atoms with Gasteiger partial charge in [0.1, 0.15) is 0 Å². The molecule has 0 fully saturated rings. The lowest BCUT2D eigenvalue weighted by Crippen LogP contribution is -2.31. The molecule has 0 saturated carbocycles. The van der Waals surface area contributed by atoms with Gasteiger partial charge in [-0.15, -0.1) is 0 Å². The van der Waals surface area contributed by atoms with Crippen molar-refractivity contribution in [2.24, 2.45) is 29.6 Å². The van der Waals surface area contributed by atoms with Gasteiger partial charge in [-0.1, -0.05) is 45.8 Å². The molecule has 5 unspecified atom stereocenters. The molecular weight excluding hydrogens is 180 g/mol. The Kier molecular flexibility index (Phi) is 2.56. The number of allylic oxidation sites excluding steroid dienone is 4. The van der Waals surface area contributed by atoms with E-state index in [9.17, 15) is 0 Å². The van der Waals surface area contributed by atoms with E-state index < -0.39 is 0 Å². The third-order valence-electron chi connectivity index (χ3n) is 5.11. The third-order valence-corrected chi connectivity index (χ3v) is 5.11. The van der Waals surface area contributed by atoms with Gasteiger partial charge in [0.2, 0.25) is 0 Å². The van der Waals surface area contributed by atoms with Crippen LogP contribution in [0.5, 0.6) is 0 Å². The Morgan fingerprint density at radius 2 is 1.40 bits per heavy atom. The van der Waals surface area contributed by atoms with Gasteiger partial charge in [-0.05, 0) is 48.2 Å². The molecule has 5 atom stereocenters. The Hall–Kier alpha value is -0.520. The average molecular weight is 203 g/mol. The topological polar surface area (TPSA) is 0 Å². The summed E-state index contributed by atoms with van der Waals surface area (Å²) in [6.07, 6.45) is 3.63. The lowest BCUT2D eigenvalue weighted by atomic mass is 9.65. The fourth-order valence-electron chi connectivity index (χ4n) is 3.33. The van der Waals surface area contributed by atoms with Crippen LogP contribution in [-0.2, 0) is 0 Å². The molecule has 2 rings (SSSR count). The van der Waals surface area contributed by atoms with Crippen LogP contribution in [0.4, 0.5) is 0 Å². The summed E-state index contributed by atoms with van der Waals surface area (Å²) in [7, 11) is 0. The molecule has 0 amide bonds. The first-order valence-corrected chi connectivity index (χ1v) is 6.29. The minimum Gasteiger partial charge on any atom is -0.0617 e. The van der Waals surface area contributed by atoms with E-state index in [1.807, 2.05) is 0 Å². The van der Waals surface area contributed by atoms with Crippen LogP contribution >= 0.6 is 0 Å². The largest absolute Gasteiger partial charge is 0.0617 e. The molecule has 0 heteroatoms. The zero-order valence-electron chi connectivity index (χ0n) is 10.9. The van der Waals surface area contributed by atoms with Crippen molar-refractivity contribution in [3.8, 4) is 0 Å². The highest BCUT2D eigenvalue weighted by Crippen LogP contribution is 2.49. The first-order chi connectivity index (χ1) is 6.95. The maximum Gasteiger partial charge on any atom is -0.000594 e. The zero-order chi connectivity index (χ0) is 11.3. The molecule has 0 nitrogen and oxygen atoms in total. The molecule has 0 aromatic heterocycles. The Labute approximate surface area is 94.5 Å². The van der Waals surface area contributed by atoms with Gasteiger partial charge in [-0.3, -0.25) is 0 Å². The molecule has 0 heterocycles. The molecule has 0 aromatic carbocycles. The summed E-state index contributed by atoms with van der Waals surface area (Å²) in [5.74, 6) is 3.70. The molecular formula is C15H23. The van der Waals surface area contributed by atoms with Gasteiger partial charge < -0.3 is 0 Å². The molecule has 83 valence electrons. The van der Waals surface area contributed by atoms with E-state index in [0.29, 0.717) is 11.8 Å². The van der Waals surface area contributed by atoms with Crippen LogP contribution in [0, 0.1) is 35.7 Å². The predicted octanol–water partition coefficient (Wildman–Crippen LogP) is 4.24. The zero-order valence-corrected chi connectivity index (χ0v) is 10.9. The van der Waals surface area contributed by atoms with Crippen molar-refractivity contribution in [3.05, 3.63) is 22.8 Å². The molecule has 0 saturated heterocycles. The van der Waals surface area contributed by atoms with Crippen LogP contribution in [-0.4, -0.2) is 0 Å². The predicted molar refractivity (Wildman–Crippen MR) is 65.3 cm³/mol. The van der Waals surface area contributed by atoms with Crippen LogP contribution in [0.3, 0.4) is 0 Å². The lowest BCUT2D eigenvalue weighted by Gasteiger charge is -2.39. The Bertz CT molecular complexity index is 332. The van der Waals surface area contributed by atoms with Crippen LogP contribution in [0.1, 0.15) is 41.5 Å². The van der Waals surface area contributed by atoms with Crippen molar-refractivity contribution in [1.29, 1.82) is 0 Å². The normalized spacial score (nSPS) is 45.5. The first-order valence-electron chi connectivity index (χ1n) is 6.29. The summed E-state index contributed by atoms with van der Waals surface area (Å²) in [4.78, 5) is 0. The summed E-state index contributed by atoms with van der Waals surface area (Å²) in [5.41, 5.74) is 4.67. The molecule has 2 aliphatic rings. The van der Waals surface area contributed by atoms with Gasteiger partial charge in [0, 0.05) is 0 Å². The molecule has 1 radical (unpaired) electrons. The van der Waals surface area contributed by atoms with Gasteiger partial charge in [0.15, 0.2) is 0 Å². The van der Waals surface area contributed by atoms with Crippen molar-refractivity contribution in [2.75, 3.05) is 0 Å². The van der Waals surface area contributed by atoms with Gasteiger partial charge >= 0.3 is 0 Å². The van der Waals surface area contributed by atoms with Gasteiger partial charge in [0.05, 0.1) is 0 Å². The smallest absolute Gasteiger partial charge is 0.000594 e. The number of hydrogen-bond donors (Lipinski definition) is 0. The Morgan fingerprint density at radius 1 is 0.867 bits per heavy atom. The van der Waals surface area contributed by atoms with E-state index in [1.54, 1.807) is 5.57 Å². The lowest BCUT2D eigenvalue weighted by molar-refractivity contribution is 0.224. The van der Waals surface area contributed by atoms with Gasteiger partial charge in [-0.2, -0.15) is 0 Å². The number of hydrogen-bond acceptors (Lipinski definition) is 0. The summed E-state index contributed by atoms with van der Waals surface area (Å²) in [6.45, 7) is 14.2. The van der Waals surface area contributed by atoms with E-state index in [2.05, 4.69) is 47.6 Å². The second kappa shape index (κ2) is 3.50. The molecule has 0 bridgehead atoms. The van der Waals surface area contributed by atoms with E-state index in [4.69, 9.17) is 0 Å². The Balaban J connectivity index is 2.45. The average Bonchev–Trinajstić information content (AvgIpc) is 2.50. The summed E-state index contributed by atoms with van der Waals surface area (Å²) in [5, 5.41) is 0. The molecule has 0 spiro atoms. The molecule has 15 heavy (non-hydrogen) atoms. The van der Waals surface area contributed by atoms with Gasteiger partial charge in [0.25, 0.3) is 0 Å². The highest BCUT2D eigenvalue weighted by Gasteiger charge is 2.39. The van der Waals surface area contributed by atoms with Crippen LogP contribution in [0.25, 0.3) is 0 Å². The van der Waals surface area contributed by atoms with E-state index >= 15 is 0 Å². The fraction of sp³-hybridized carbons (Fsp3) is 0.733. The van der Waals surface area contributed by atoms with Crippen LogP contribution in [0.2, 0.25) is 0 Å². The monoisotopic (exact) mass is 203 g/mol. The quantitative estimate of drug-likeness (QED) is 0.552. The molecule has 0 N–H and O–H groups in total. The SMILES string of the molecule is CC1=[C]C2=C(C1C)C(C)C(C)C(C)C2C. The second-order valence-corrected chi connectivity index (χ2v) is 5.69.